The van der Waals surface area contributed by atoms with Gasteiger partial charge in [-0.3, -0.25) is 4.99 Å². The van der Waals surface area contributed by atoms with E-state index in [9.17, 15) is 0 Å². The molecule has 1 N–H and O–H groups in total. The van der Waals surface area contributed by atoms with Crippen molar-refractivity contribution in [2.75, 3.05) is 48.0 Å². The number of hydrogen-bond donors (Lipinski definition) is 1. The molecule has 0 aliphatic heterocycles. The molecule has 0 amide bonds. The second kappa shape index (κ2) is 12.4. The van der Waals surface area contributed by atoms with Gasteiger partial charge in [-0.25, -0.2) is 0 Å². The van der Waals surface area contributed by atoms with Crippen LogP contribution in [0.15, 0.2) is 4.99 Å². The molecule has 7 heteroatoms. The molecule has 0 unspecified atom stereocenters. The second-order valence-electron chi connectivity index (χ2n) is 3.85. The lowest BCUT2D eigenvalue weighted by molar-refractivity contribution is 0.0783. The Labute approximate surface area is 119 Å². The molecule has 0 saturated heterocycles. The van der Waals surface area contributed by atoms with Gasteiger partial charge in [0.2, 0.25) is 0 Å². The third-order valence-corrected chi connectivity index (χ3v) is 4.52. The predicted octanol–water partition coefficient (Wildman–Crippen LogP) is 1.42. The lowest BCUT2D eigenvalue weighted by Gasteiger charge is -2.23. The van der Waals surface area contributed by atoms with Crippen molar-refractivity contribution in [1.82, 2.24) is 10.2 Å². The van der Waals surface area contributed by atoms with Crippen LogP contribution in [0.25, 0.3) is 0 Å². The smallest absolute Gasteiger partial charge is 0.374 e. The van der Waals surface area contributed by atoms with Gasteiger partial charge in [-0.05, 0) is 20.8 Å². The van der Waals surface area contributed by atoms with E-state index in [1.807, 2.05) is 53.4 Å². The molecule has 0 spiro atoms. The molecule has 0 rings (SSSR count). The van der Waals surface area contributed by atoms with Gasteiger partial charge in [0.15, 0.2) is 5.96 Å². The van der Waals surface area contributed by atoms with E-state index in [0.717, 1.165) is 5.96 Å². The molecule has 0 aromatic carbocycles. The van der Waals surface area contributed by atoms with E-state index in [-0.39, 0.29) is 0 Å². The van der Waals surface area contributed by atoms with E-state index in [1.165, 1.54) is 0 Å². The third kappa shape index (κ3) is 10.9. The fourth-order valence-electron chi connectivity index (χ4n) is 1.45. The Hall–Kier alpha value is -0.633. The van der Waals surface area contributed by atoms with Crippen LogP contribution < -0.4 is 5.32 Å². The summed E-state index contributed by atoms with van der Waals surface area (Å²) in [4.78, 5) is 5.85. The molecule has 0 radical (unpaired) electrons. The summed E-state index contributed by atoms with van der Waals surface area (Å²) < 4.78 is 16.2. The lowest BCUT2D eigenvalue weighted by Crippen LogP contribution is -2.42. The maximum absolute atomic E-state index is 5.40. The Morgan fingerprint density at radius 1 is 1.05 bits per heavy atom. The second-order valence-corrected chi connectivity index (χ2v) is 6.44. The zero-order valence-electron chi connectivity index (χ0n) is 13.7. The highest BCUT2D eigenvalue weighted by molar-refractivity contribution is 6.59. The van der Waals surface area contributed by atoms with E-state index in [1.54, 1.807) is 7.05 Å². The Morgan fingerprint density at radius 2 is 1.42 bits per heavy atom. The molecule has 0 aromatic heterocycles. The minimum absolute atomic E-state index is 0.655. The van der Waals surface area contributed by atoms with Crippen molar-refractivity contribution >= 4 is 14.8 Å². The Morgan fingerprint density at radius 3 is 1.53 bits per heavy atom. The minimum atomic E-state index is -2.25. The Kier molecular flexibility index (Phi) is 13.5. The molecule has 0 fully saturated rings. The molecule has 0 bridgehead atoms. The quantitative estimate of drug-likeness (QED) is 0.456. The first kappa shape index (κ1) is 20.7. The van der Waals surface area contributed by atoms with Gasteiger partial charge in [0.25, 0.3) is 0 Å². The average molecular weight is 293 g/mol. The standard InChI is InChI=1S/C7H18O3Si.C5H13N3/c1-5-8-11(4,9-6-2)10-7-3;1-6-5(7-2)8(3)4/h5-7H2,1-4H3;1-4H3,(H,6,7). The van der Waals surface area contributed by atoms with Crippen molar-refractivity contribution in [2.24, 2.45) is 4.99 Å². The Bertz CT molecular complexity index is 221. The maximum atomic E-state index is 5.40. The fourth-order valence-corrected chi connectivity index (χ4v) is 3.27. The van der Waals surface area contributed by atoms with E-state index in [4.69, 9.17) is 13.3 Å². The van der Waals surface area contributed by atoms with Gasteiger partial charge >= 0.3 is 8.80 Å². The van der Waals surface area contributed by atoms with Gasteiger partial charge in [-0.1, -0.05) is 0 Å². The lowest BCUT2D eigenvalue weighted by atomic mass is 10.8. The first-order valence-electron chi connectivity index (χ1n) is 6.64. The molecular weight excluding hydrogens is 262 g/mol. The van der Waals surface area contributed by atoms with E-state index >= 15 is 0 Å². The molecule has 6 nitrogen and oxygen atoms in total. The van der Waals surface area contributed by atoms with Gasteiger partial charge in [0, 0.05) is 54.6 Å². The summed E-state index contributed by atoms with van der Waals surface area (Å²) in [6.07, 6.45) is 0. The van der Waals surface area contributed by atoms with Crippen LogP contribution in [0.5, 0.6) is 0 Å². The number of guanidine groups is 1. The first-order valence-corrected chi connectivity index (χ1v) is 8.86. The molecule has 0 aliphatic carbocycles. The van der Waals surface area contributed by atoms with Crippen LogP contribution in [0.3, 0.4) is 0 Å². The van der Waals surface area contributed by atoms with Crippen LogP contribution in [0, 0.1) is 0 Å². The van der Waals surface area contributed by atoms with Crippen molar-refractivity contribution in [3.8, 4) is 0 Å². The zero-order chi connectivity index (χ0) is 15.3. The molecule has 0 atom stereocenters. The number of nitrogens with zero attached hydrogens (tertiary/aromatic N) is 2. The van der Waals surface area contributed by atoms with Gasteiger partial charge in [0.1, 0.15) is 0 Å². The fraction of sp³-hybridized carbons (Fsp3) is 0.917. The van der Waals surface area contributed by atoms with Crippen molar-refractivity contribution < 1.29 is 13.3 Å². The van der Waals surface area contributed by atoms with Gasteiger partial charge in [-0.2, -0.15) is 0 Å². The summed E-state index contributed by atoms with van der Waals surface area (Å²) in [6, 6.07) is 0. The van der Waals surface area contributed by atoms with Crippen molar-refractivity contribution in [3.63, 3.8) is 0 Å². The van der Waals surface area contributed by atoms with E-state index in [2.05, 4.69) is 10.3 Å². The summed E-state index contributed by atoms with van der Waals surface area (Å²) in [7, 11) is 5.24. The van der Waals surface area contributed by atoms with Crippen molar-refractivity contribution in [1.29, 1.82) is 0 Å². The highest BCUT2D eigenvalue weighted by Crippen LogP contribution is 2.08. The van der Waals surface area contributed by atoms with E-state index in [0.29, 0.717) is 19.8 Å². The Balaban J connectivity index is 0. The van der Waals surface area contributed by atoms with Crippen LogP contribution >= 0.6 is 0 Å². The maximum Gasteiger partial charge on any atom is 0.497 e. The van der Waals surface area contributed by atoms with Crippen molar-refractivity contribution in [3.05, 3.63) is 0 Å². The third-order valence-electron chi connectivity index (χ3n) is 2.08. The SMILES string of the molecule is CCO[Si](C)(OCC)OCC.CN=C(NC)N(C)C. The van der Waals surface area contributed by atoms with Crippen LogP contribution in [-0.2, 0) is 13.3 Å². The molecule has 0 saturated carbocycles. The van der Waals surface area contributed by atoms with Gasteiger partial charge < -0.3 is 23.5 Å². The van der Waals surface area contributed by atoms with Crippen molar-refractivity contribution in [2.45, 2.75) is 27.3 Å². The van der Waals surface area contributed by atoms with Crippen LogP contribution in [0.2, 0.25) is 6.55 Å². The molecule has 19 heavy (non-hydrogen) atoms. The minimum Gasteiger partial charge on any atom is -0.374 e. The van der Waals surface area contributed by atoms with Gasteiger partial charge in [-0.15, -0.1) is 0 Å². The van der Waals surface area contributed by atoms with Gasteiger partial charge in [0.05, 0.1) is 0 Å². The topological polar surface area (TPSA) is 55.3 Å². The highest BCUT2D eigenvalue weighted by Gasteiger charge is 2.32. The largest absolute Gasteiger partial charge is 0.497 e. The normalized spacial score (nSPS) is 11.7. The predicted molar refractivity (Wildman–Crippen MR) is 82.6 cm³/mol. The number of rotatable bonds is 6. The first-order chi connectivity index (χ1) is 8.90. The summed E-state index contributed by atoms with van der Waals surface area (Å²) in [6.45, 7) is 9.73. The van der Waals surface area contributed by atoms with E-state index < -0.39 is 8.80 Å². The summed E-state index contributed by atoms with van der Waals surface area (Å²) in [5, 5.41) is 2.93. The molecule has 116 valence electrons. The average Bonchev–Trinajstić information content (AvgIpc) is 2.31. The molecule has 0 aliphatic rings. The van der Waals surface area contributed by atoms with Crippen LogP contribution in [0.4, 0.5) is 0 Å². The summed E-state index contributed by atoms with van der Waals surface area (Å²) in [5.74, 6) is 0.894. The molecule has 0 aromatic rings. The molecular formula is C12H31N3O3Si. The summed E-state index contributed by atoms with van der Waals surface area (Å²) in [5.41, 5.74) is 0. The summed E-state index contributed by atoms with van der Waals surface area (Å²) >= 11 is 0. The monoisotopic (exact) mass is 293 g/mol. The number of nitrogens with one attached hydrogen (secondary N) is 1. The van der Waals surface area contributed by atoms with Crippen LogP contribution in [-0.4, -0.2) is 67.7 Å². The number of aliphatic imine (C=N–C) groups is 1. The molecule has 0 heterocycles. The highest BCUT2D eigenvalue weighted by atomic mass is 28.4. The number of hydrogen-bond acceptors (Lipinski definition) is 4. The van der Waals surface area contributed by atoms with Crippen LogP contribution in [0.1, 0.15) is 20.8 Å². The zero-order valence-corrected chi connectivity index (χ0v) is 14.7.